The smallest absolute Gasteiger partial charge is 0.244 e. The van der Waals surface area contributed by atoms with E-state index in [0.717, 1.165) is 43.5 Å². The summed E-state index contributed by atoms with van der Waals surface area (Å²) >= 11 is 7.44. The monoisotopic (exact) mass is 482 g/mol. The molecule has 0 radical (unpaired) electrons. The Morgan fingerprint density at radius 1 is 1.10 bits per heavy atom. The lowest BCUT2D eigenvalue weighted by molar-refractivity contribution is -0.125. The van der Waals surface area contributed by atoms with E-state index in [1.807, 2.05) is 0 Å². The molecule has 2 aliphatic rings. The number of hydrogen-bond donors (Lipinski definition) is 2. The van der Waals surface area contributed by atoms with Crippen LogP contribution in [0.3, 0.4) is 0 Å². The lowest BCUT2D eigenvalue weighted by Crippen LogP contribution is -2.55. The van der Waals surface area contributed by atoms with Crippen LogP contribution in [-0.2, 0) is 14.8 Å². The van der Waals surface area contributed by atoms with Gasteiger partial charge in [-0.3, -0.25) is 9.78 Å². The van der Waals surface area contributed by atoms with E-state index in [1.54, 1.807) is 23.8 Å². The van der Waals surface area contributed by atoms with Crippen molar-refractivity contribution >= 4 is 38.9 Å². The van der Waals surface area contributed by atoms with Gasteiger partial charge in [0, 0.05) is 28.7 Å². The molecular weight excluding hydrogens is 456 g/mol. The predicted octanol–water partition coefficient (Wildman–Crippen LogP) is 3.34. The Kier molecular flexibility index (Phi) is 7.28. The van der Waals surface area contributed by atoms with E-state index in [0.29, 0.717) is 18.0 Å². The third-order valence-electron chi connectivity index (χ3n) is 5.95. The van der Waals surface area contributed by atoms with Crippen LogP contribution in [0.5, 0.6) is 0 Å². The molecule has 31 heavy (non-hydrogen) atoms. The maximum Gasteiger partial charge on any atom is 0.244 e. The third kappa shape index (κ3) is 4.96. The van der Waals surface area contributed by atoms with Gasteiger partial charge in [-0.2, -0.15) is 4.31 Å². The van der Waals surface area contributed by atoms with Crippen molar-refractivity contribution < 1.29 is 13.2 Å². The van der Waals surface area contributed by atoms with E-state index in [1.165, 1.54) is 27.8 Å². The molecule has 1 aromatic heterocycles. The molecule has 2 N–H and O–H groups in total. The number of nitrogens with one attached hydrogen (secondary N) is 2. The molecule has 2 aliphatic heterocycles. The van der Waals surface area contributed by atoms with Crippen molar-refractivity contribution in [3.8, 4) is 0 Å². The Bertz CT molecular complexity index is 977. The van der Waals surface area contributed by atoms with Gasteiger partial charge in [-0.1, -0.05) is 18.0 Å². The quantitative estimate of drug-likeness (QED) is 0.658. The summed E-state index contributed by atoms with van der Waals surface area (Å²) < 4.78 is 29.5. The summed E-state index contributed by atoms with van der Waals surface area (Å²) in [5.41, 5.74) is 1.71. The molecule has 10 heteroatoms. The van der Waals surface area contributed by atoms with Gasteiger partial charge in [0.05, 0.1) is 16.4 Å². The van der Waals surface area contributed by atoms with Crippen LogP contribution in [0.25, 0.3) is 0 Å². The SMILES string of the molecule is O=C1NCCCCC1N(C(c1cncs1)C1CCCCN1)S(=O)(=O)c1ccc(Cl)cc1. The molecular formula is C21H27ClN4O3S2. The number of nitrogens with zero attached hydrogens (tertiary/aromatic N) is 2. The van der Waals surface area contributed by atoms with Gasteiger partial charge in [-0.15, -0.1) is 11.3 Å². The number of piperidine rings is 1. The number of aromatic nitrogens is 1. The minimum absolute atomic E-state index is 0.0904. The van der Waals surface area contributed by atoms with E-state index in [-0.39, 0.29) is 16.8 Å². The molecule has 0 spiro atoms. The molecule has 2 saturated heterocycles. The molecule has 7 nitrogen and oxygen atoms in total. The number of thiazole rings is 1. The Labute approximate surface area is 192 Å². The molecule has 1 aromatic carbocycles. The number of sulfonamides is 1. The zero-order valence-corrected chi connectivity index (χ0v) is 19.6. The lowest BCUT2D eigenvalue weighted by Gasteiger charge is -2.41. The molecule has 0 bridgehead atoms. The standard InChI is InChI=1S/C21H27ClN4O3S2/c22-15-7-9-16(10-8-15)31(28,29)26(18-6-2-4-12-25-21(18)27)20(19-13-23-14-30-19)17-5-1-3-11-24-17/h7-10,13-14,17-18,20,24H,1-6,11-12H2,(H,25,27). The minimum Gasteiger partial charge on any atom is -0.355 e. The highest BCUT2D eigenvalue weighted by atomic mass is 35.5. The van der Waals surface area contributed by atoms with Crippen LogP contribution in [0, 0.1) is 0 Å². The minimum atomic E-state index is -3.99. The molecule has 0 saturated carbocycles. The molecule has 1 amide bonds. The second kappa shape index (κ2) is 9.95. The van der Waals surface area contributed by atoms with Gasteiger partial charge in [0.25, 0.3) is 0 Å². The van der Waals surface area contributed by atoms with Gasteiger partial charge in [0.15, 0.2) is 0 Å². The number of halogens is 1. The van der Waals surface area contributed by atoms with Gasteiger partial charge >= 0.3 is 0 Å². The average molecular weight is 483 g/mol. The van der Waals surface area contributed by atoms with Crippen molar-refractivity contribution in [1.82, 2.24) is 19.9 Å². The van der Waals surface area contributed by atoms with Crippen molar-refractivity contribution in [3.63, 3.8) is 0 Å². The highest BCUT2D eigenvalue weighted by Gasteiger charge is 2.45. The van der Waals surface area contributed by atoms with Crippen LogP contribution in [0.2, 0.25) is 5.02 Å². The van der Waals surface area contributed by atoms with Crippen molar-refractivity contribution in [2.45, 2.75) is 61.5 Å². The summed E-state index contributed by atoms with van der Waals surface area (Å²) in [5.74, 6) is -0.236. The summed E-state index contributed by atoms with van der Waals surface area (Å²) in [7, 11) is -3.99. The van der Waals surface area contributed by atoms with E-state index < -0.39 is 22.1 Å². The first-order valence-corrected chi connectivity index (χ1v) is 13.4. The van der Waals surface area contributed by atoms with E-state index in [9.17, 15) is 13.2 Å². The number of hydrogen-bond acceptors (Lipinski definition) is 6. The van der Waals surface area contributed by atoms with Crippen LogP contribution in [0.1, 0.15) is 49.4 Å². The first kappa shape index (κ1) is 22.7. The van der Waals surface area contributed by atoms with Gasteiger partial charge in [-0.05, 0) is 62.9 Å². The second-order valence-corrected chi connectivity index (χ2v) is 11.2. The molecule has 2 aromatic rings. The second-order valence-electron chi connectivity index (χ2n) is 8.00. The van der Waals surface area contributed by atoms with Crippen molar-refractivity contribution in [1.29, 1.82) is 0 Å². The van der Waals surface area contributed by atoms with Crippen molar-refractivity contribution in [2.24, 2.45) is 0 Å². The number of carbonyl (C=O) groups excluding carboxylic acids is 1. The maximum absolute atomic E-state index is 14.0. The molecule has 4 rings (SSSR count). The summed E-state index contributed by atoms with van der Waals surface area (Å²) in [6.45, 7) is 1.39. The van der Waals surface area contributed by atoms with E-state index >= 15 is 0 Å². The maximum atomic E-state index is 14.0. The molecule has 3 atom stereocenters. The van der Waals surface area contributed by atoms with Gasteiger partial charge in [0.2, 0.25) is 15.9 Å². The average Bonchev–Trinajstić information content (AvgIpc) is 3.22. The first-order valence-electron chi connectivity index (χ1n) is 10.7. The third-order valence-corrected chi connectivity index (χ3v) is 8.95. The fraction of sp³-hybridized carbons (Fsp3) is 0.524. The van der Waals surface area contributed by atoms with Crippen LogP contribution < -0.4 is 10.6 Å². The van der Waals surface area contributed by atoms with E-state index in [4.69, 9.17) is 11.6 Å². The van der Waals surface area contributed by atoms with Crippen LogP contribution >= 0.6 is 22.9 Å². The fourth-order valence-corrected chi connectivity index (χ4v) is 7.22. The van der Waals surface area contributed by atoms with Gasteiger partial charge in [-0.25, -0.2) is 8.42 Å². The zero-order chi connectivity index (χ0) is 21.8. The first-order chi connectivity index (χ1) is 15.0. The summed E-state index contributed by atoms with van der Waals surface area (Å²) in [6.07, 6.45) is 6.74. The van der Waals surface area contributed by atoms with Gasteiger partial charge < -0.3 is 10.6 Å². The van der Waals surface area contributed by atoms with Crippen LogP contribution in [0.4, 0.5) is 0 Å². The normalized spacial score (nSPS) is 23.9. The van der Waals surface area contributed by atoms with Crippen LogP contribution in [0.15, 0.2) is 40.9 Å². The van der Waals surface area contributed by atoms with Crippen LogP contribution in [-0.4, -0.2) is 48.8 Å². The lowest BCUT2D eigenvalue weighted by atomic mass is 9.95. The Balaban J connectivity index is 1.85. The molecule has 3 heterocycles. The van der Waals surface area contributed by atoms with Crippen molar-refractivity contribution in [3.05, 3.63) is 45.9 Å². The number of benzene rings is 1. The van der Waals surface area contributed by atoms with Gasteiger partial charge in [0.1, 0.15) is 6.04 Å². The highest BCUT2D eigenvalue weighted by Crippen LogP contribution is 2.38. The number of amides is 1. The summed E-state index contributed by atoms with van der Waals surface area (Å²) in [6, 6.07) is 4.78. The Morgan fingerprint density at radius 2 is 1.84 bits per heavy atom. The zero-order valence-electron chi connectivity index (χ0n) is 17.2. The molecule has 2 fully saturated rings. The number of carbonyl (C=O) groups is 1. The predicted molar refractivity (Wildman–Crippen MR) is 122 cm³/mol. The summed E-state index contributed by atoms with van der Waals surface area (Å²) in [4.78, 5) is 18.3. The Morgan fingerprint density at radius 3 is 2.52 bits per heavy atom. The fourth-order valence-electron chi connectivity index (χ4n) is 4.43. The topological polar surface area (TPSA) is 91.4 Å². The highest BCUT2D eigenvalue weighted by molar-refractivity contribution is 7.89. The Hall–Kier alpha value is -1.52. The number of rotatable bonds is 6. The largest absolute Gasteiger partial charge is 0.355 e. The molecule has 168 valence electrons. The molecule has 3 unspecified atom stereocenters. The summed E-state index contributed by atoms with van der Waals surface area (Å²) in [5, 5.41) is 6.89. The molecule has 0 aliphatic carbocycles. The van der Waals surface area contributed by atoms with Crippen molar-refractivity contribution in [2.75, 3.05) is 13.1 Å². The van der Waals surface area contributed by atoms with E-state index in [2.05, 4.69) is 15.6 Å².